The summed E-state index contributed by atoms with van der Waals surface area (Å²) in [7, 11) is 0. The number of aryl methyl sites for hydroxylation is 1. The van der Waals surface area contributed by atoms with Gasteiger partial charge in [0.1, 0.15) is 5.00 Å². The molecule has 3 aromatic rings. The Balaban J connectivity index is 1.60. The summed E-state index contributed by atoms with van der Waals surface area (Å²) < 4.78 is 5.52. The molecule has 0 saturated heterocycles. The maximum Gasteiger partial charge on any atom is 0.341 e. The first-order valence-corrected chi connectivity index (χ1v) is 12.1. The number of carbonyl (C=O) groups is 2. The molecule has 2 aromatic carbocycles. The van der Waals surface area contributed by atoms with Crippen LogP contribution in [0.1, 0.15) is 71.0 Å². The average molecular weight is 448 g/mol. The number of rotatable bonds is 7. The topological polar surface area (TPSA) is 55.4 Å². The summed E-state index contributed by atoms with van der Waals surface area (Å²) >= 11 is 1.53. The van der Waals surface area contributed by atoms with E-state index in [-0.39, 0.29) is 23.9 Å². The molecule has 1 aliphatic carbocycles. The number of carbonyl (C=O) groups excluding carboxylic acids is 2. The fourth-order valence-electron chi connectivity index (χ4n) is 4.30. The molecule has 1 heterocycles. The average Bonchev–Trinajstić information content (AvgIpc) is 3.16. The van der Waals surface area contributed by atoms with E-state index in [9.17, 15) is 9.59 Å². The number of thiophene rings is 1. The summed E-state index contributed by atoms with van der Waals surface area (Å²) in [5, 5.41) is 3.70. The zero-order valence-electron chi connectivity index (χ0n) is 18.6. The smallest absolute Gasteiger partial charge is 0.341 e. The molecule has 1 N–H and O–H groups in total. The normalized spacial score (nSPS) is 13.1. The van der Waals surface area contributed by atoms with Crippen molar-refractivity contribution in [1.82, 2.24) is 0 Å². The summed E-state index contributed by atoms with van der Waals surface area (Å²) in [5.41, 5.74) is 3.81. The maximum absolute atomic E-state index is 13.2. The molecule has 1 aromatic heterocycles. The van der Waals surface area contributed by atoms with Crippen molar-refractivity contribution in [3.05, 3.63) is 87.8 Å². The van der Waals surface area contributed by atoms with Gasteiger partial charge in [0.2, 0.25) is 5.91 Å². The van der Waals surface area contributed by atoms with Crippen molar-refractivity contribution < 1.29 is 14.3 Å². The molecule has 0 radical (unpaired) electrons. The Morgan fingerprint density at radius 3 is 2.12 bits per heavy atom. The Bertz CT molecular complexity index is 1030. The molecular weight excluding hydrogens is 418 g/mol. The Morgan fingerprint density at radius 1 is 0.938 bits per heavy atom. The number of benzene rings is 2. The van der Waals surface area contributed by atoms with Crippen LogP contribution in [0.15, 0.2) is 60.7 Å². The van der Waals surface area contributed by atoms with Crippen LogP contribution in [0.25, 0.3) is 0 Å². The molecule has 4 nitrogen and oxygen atoms in total. The maximum atomic E-state index is 13.2. The predicted octanol–water partition coefficient (Wildman–Crippen LogP) is 6.35. The first-order valence-electron chi connectivity index (χ1n) is 11.3. The van der Waals surface area contributed by atoms with Gasteiger partial charge in [-0.2, -0.15) is 0 Å². The minimum absolute atomic E-state index is 0.0574. The highest BCUT2D eigenvalue weighted by molar-refractivity contribution is 7.17. The highest BCUT2D eigenvalue weighted by Crippen LogP contribution is 2.39. The number of amides is 1. The second-order valence-electron chi connectivity index (χ2n) is 8.50. The standard InChI is InChI=1S/C27H29NO3S/c1-18(2)31-27(30)25-21-15-9-10-16-23(21)32-26(25)28-24(29)17-22(19-11-5-3-6-12-19)20-13-7-4-8-14-20/h3-8,11-14,18,22H,9-10,15-17H2,1-2H3,(H,28,29). The van der Waals surface area contributed by atoms with Crippen LogP contribution in [0.2, 0.25) is 0 Å². The minimum Gasteiger partial charge on any atom is -0.459 e. The molecule has 1 aliphatic rings. The van der Waals surface area contributed by atoms with E-state index in [1.54, 1.807) is 0 Å². The van der Waals surface area contributed by atoms with Crippen molar-refractivity contribution in [2.45, 2.75) is 58.0 Å². The number of hydrogen-bond donors (Lipinski definition) is 1. The van der Waals surface area contributed by atoms with Crippen LogP contribution >= 0.6 is 11.3 Å². The number of fused-ring (bicyclic) bond motifs is 1. The summed E-state index contributed by atoms with van der Waals surface area (Å²) in [6.07, 6.45) is 4.09. The molecular formula is C27H29NO3S. The molecule has 0 unspecified atom stereocenters. The van der Waals surface area contributed by atoms with Gasteiger partial charge in [0.15, 0.2) is 0 Å². The zero-order chi connectivity index (χ0) is 22.5. The number of ether oxygens (including phenoxy) is 1. The van der Waals surface area contributed by atoms with Crippen molar-refractivity contribution in [2.75, 3.05) is 5.32 Å². The molecule has 0 aliphatic heterocycles. The van der Waals surface area contributed by atoms with Gasteiger partial charge in [0.25, 0.3) is 0 Å². The van der Waals surface area contributed by atoms with Gasteiger partial charge < -0.3 is 10.1 Å². The van der Waals surface area contributed by atoms with Crippen molar-refractivity contribution in [2.24, 2.45) is 0 Å². The third kappa shape index (κ3) is 5.10. The van der Waals surface area contributed by atoms with E-state index in [1.165, 1.54) is 16.2 Å². The molecule has 0 fully saturated rings. The zero-order valence-corrected chi connectivity index (χ0v) is 19.4. The van der Waals surface area contributed by atoms with Gasteiger partial charge in [-0.15, -0.1) is 11.3 Å². The lowest BCUT2D eigenvalue weighted by Gasteiger charge is -2.18. The number of hydrogen-bond acceptors (Lipinski definition) is 4. The molecule has 166 valence electrons. The molecule has 0 bridgehead atoms. The first-order chi connectivity index (χ1) is 15.5. The predicted molar refractivity (Wildman–Crippen MR) is 129 cm³/mol. The fourth-order valence-corrected chi connectivity index (χ4v) is 5.60. The molecule has 1 amide bonds. The highest BCUT2D eigenvalue weighted by Gasteiger charge is 2.28. The van der Waals surface area contributed by atoms with Gasteiger partial charge >= 0.3 is 5.97 Å². The molecule has 0 spiro atoms. The van der Waals surface area contributed by atoms with Gasteiger partial charge in [-0.1, -0.05) is 60.7 Å². The van der Waals surface area contributed by atoms with E-state index in [0.717, 1.165) is 42.4 Å². The van der Waals surface area contributed by atoms with E-state index >= 15 is 0 Å². The van der Waals surface area contributed by atoms with Crippen LogP contribution in [0.3, 0.4) is 0 Å². The fraction of sp³-hybridized carbons (Fsp3) is 0.333. The van der Waals surface area contributed by atoms with E-state index in [2.05, 4.69) is 29.6 Å². The SMILES string of the molecule is CC(C)OC(=O)c1c(NC(=O)CC(c2ccccc2)c2ccccc2)sc2c1CCCC2. The molecule has 4 rings (SSSR count). The van der Waals surface area contributed by atoms with Gasteiger partial charge in [-0.25, -0.2) is 4.79 Å². The molecule has 5 heteroatoms. The first kappa shape index (κ1) is 22.3. The lowest BCUT2D eigenvalue weighted by atomic mass is 9.88. The van der Waals surface area contributed by atoms with Crippen molar-refractivity contribution >= 4 is 28.2 Å². The van der Waals surface area contributed by atoms with Crippen molar-refractivity contribution in [1.29, 1.82) is 0 Å². The van der Waals surface area contributed by atoms with Crippen LogP contribution in [0.4, 0.5) is 5.00 Å². The van der Waals surface area contributed by atoms with E-state index < -0.39 is 0 Å². The molecule has 0 atom stereocenters. The lowest BCUT2D eigenvalue weighted by molar-refractivity contribution is -0.116. The van der Waals surface area contributed by atoms with E-state index in [0.29, 0.717) is 17.0 Å². The summed E-state index contributed by atoms with van der Waals surface area (Å²) in [5.74, 6) is -0.490. The van der Waals surface area contributed by atoms with Crippen LogP contribution < -0.4 is 5.32 Å². The van der Waals surface area contributed by atoms with Crippen LogP contribution in [0.5, 0.6) is 0 Å². The third-order valence-corrected chi connectivity index (χ3v) is 6.97. The van der Waals surface area contributed by atoms with Gasteiger partial charge in [-0.3, -0.25) is 4.79 Å². The third-order valence-electron chi connectivity index (χ3n) is 5.76. The lowest BCUT2D eigenvalue weighted by Crippen LogP contribution is -2.19. The van der Waals surface area contributed by atoms with Gasteiger partial charge in [0.05, 0.1) is 11.7 Å². The number of nitrogens with one attached hydrogen (secondary N) is 1. The summed E-state index contributed by atoms with van der Waals surface area (Å²) in [6, 6.07) is 20.2. The molecule has 0 saturated carbocycles. The summed E-state index contributed by atoms with van der Waals surface area (Å²) in [4.78, 5) is 27.3. The number of esters is 1. The Labute approximate surface area is 193 Å². The largest absolute Gasteiger partial charge is 0.459 e. The van der Waals surface area contributed by atoms with Gasteiger partial charge in [-0.05, 0) is 56.2 Å². The van der Waals surface area contributed by atoms with Crippen LogP contribution in [-0.2, 0) is 22.4 Å². The van der Waals surface area contributed by atoms with E-state index in [4.69, 9.17) is 4.74 Å². The monoisotopic (exact) mass is 447 g/mol. The Morgan fingerprint density at radius 2 is 1.53 bits per heavy atom. The second-order valence-corrected chi connectivity index (χ2v) is 9.60. The van der Waals surface area contributed by atoms with Crippen LogP contribution in [0, 0.1) is 0 Å². The quantitative estimate of drug-likeness (QED) is 0.429. The second kappa shape index (κ2) is 10.1. The minimum atomic E-state index is -0.336. The Hall–Kier alpha value is -2.92. The van der Waals surface area contributed by atoms with Crippen molar-refractivity contribution in [3.8, 4) is 0 Å². The molecule has 32 heavy (non-hydrogen) atoms. The number of anilines is 1. The Kier molecular flexibility index (Phi) is 7.05. The highest BCUT2D eigenvalue weighted by atomic mass is 32.1. The van der Waals surface area contributed by atoms with Gasteiger partial charge in [0, 0.05) is 17.2 Å². The van der Waals surface area contributed by atoms with Crippen LogP contribution in [-0.4, -0.2) is 18.0 Å². The van der Waals surface area contributed by atoms with Crippen molar-refractivity contribution in [3.63, 3.8) is 0 Å². The summed E-state index contributed by atoms with van der Waals surface area (Å²) in [6.45, 7) is 3.69. The van der Waals surface area contributed by atoms with E-state index in [1.807, 2.05) is 50.2 Å².